The molecule has 1 aliphatic heterocycles. The van der Waals surface area contributed by atoms with E-state index in [4.69, 9.17) is 4.74 Å². The molecule has 0 radical (unpaired) electrons. The lowest BCUT2D eigenvalue weighted by Crippen LogP contribution is -2.32. The zero-order chi connectivity index (χ0) is 11.2. The third-order valence-corrected chi connectivity index (χ3v) is 3.61. The maximum absolute atomic E-state index is 11.6. The minimum absolute atomic E-state index is 0.130. The number of amides is 1. The molecule has 3 nitrogen and oxygen atoms in total. The predicted molar refractivity (Wildman–Crippen MR) is 64.6 cm³/mol. The average Bonchev–Trinajstić information content (AvgIpc) is 2.81. The van der Waals surface area contributed by atoms with Crippen molar-refractivity contribution in [3.05, 3.63) is 22.4 Å². The summed E-state index contributed by atoms with van der Waals surface area (Å²) < 4.78 is 5.28. The fraction of sp³-hybridized carbons (Fsp3) is 0.583. The van der Waals surface area contributed by atoms with Gasteiger partial charge in [0, 0.05) is 19.8 Å². The van der Waals surface area contributed by atoms with Crippen molar-refractivity contribution in [1.82, 2.24) is 5.32 Å². The van der Waals surface area contributed by atoms with Crippen LogP contribution in [0.3, 0.4) is 0 Å². The third-order valence-electron chi connectivity index (χ3n) is 2.87. The Labute approximate surface area is 99.8 Å². The van der Waals surface area contributed by atoms with Crippen molar-refractivity contribution < 1.29 is 9.53 Å². The molecule has 1 fully saturated rings. The fourth-order valence-corrected chi connectivity index (χ4v) is 2.52. The van der Waals surface area contributed by atoms with Gasteiger partial charge in [-0.25, -0.2) is 0 Å². The van der Waals surface area contributed by atoms with Gasteiger partial charge in [0.25, 0.3) is 0 Å². The van der Waals surface area contributed by atoms with Crippen LogP contribution in [-0.2, 0) is 16.0 Å². The second-order valence-electron chi connectivity index (χ2n) is 4.17. The van der Waals surface area contributed by atoms with E-state index in [0.717, 1.165) is 38.2 Å². The van der Waals surface area contributed by atoms with Gasteiger partial charge in [-0.15, -0.1) is 0 Å². The first-order valence-electron chi connectivity index (χ1n) is 5.70. The van der Waals surface area contributed by atoms with E-state index < -0.39 is 0 Å². The van der Waals surface area contributed by atoms with Crippen molar-refractivity contribution in [2.75, 3.05) is 19.8 Å². The third kappa shape index (κ3) is 3.61. The van der Waals surface area contributed by atoms with Crippen LogP contribution in [0, 0.1) is 5.92 Å². The van der Waals surface area contributed by atoms with E-state index in [-0.39, 0.29) is 5.91 Å². The number of carbonyl (C=O) groups excluding carboxylic acids is 1. The minimum Gasteiger partial charge on any atom is -0.381 e. The largest absolute Gasteiger partial charge is 0.381 e. The van der Waals surface area contributed by atoms with E-state index >= 15 is 0 Å². The van der Waals surface area contributed by atoms with E-state index in [1.54, 1.807) is 11.3 Å². The summed E-state index contributed by atoms with van der Waals surface area (Å²) in [4.78, 5) is 11.6. The molecule has 2 rings (SSSR count). The van der Waals surface area contributed by atoms with E-state index in [0.29, 0.717) is 12.3 Å². The second kappa shape index (κ2) is 6.01. The van der Waals surface area contributed by atoms with Gasteiger partial charge in [0.2, 0.25) is 5.91 Å². The van der Waals surface area contributed by atoms with Gasteiger partial charge in [-0.2, -0.15) is 11.3 Å². The van der Waals surface area contributed by atoms with Crippen molar-refractivity contribution in [1.29, 1.82) is 0 Å². The SMILES string of the molecule is O=C(Cc1ccsc1)NCC1CCOCC1. The van der Waals surface area contributed by atoms with Gasteiger partial charge < -0.3 is 10.1 Å². The monoisotopic (exact) mass is 239 g/mol. The van der Waals surface area contributed by atoms with E-state index in [1.165, 1.54) is 0 Å². The zero-order valence-corrected chi connectivity index (χ0v) is 10.1. The number of hydrogen-bond donors (Lipinski definition) is 1. The molecule has 0 saturated carbocycles. The molecule has 0 unspecified atom stereocenters. The highest BCUT2D eigenvalue weighted by atomic mass is 32.1. The Bertz CT molecular complexity index is 318. The molecule has 0 aliphatic carbocycles. The molecule has 4 heteroatoms. The van der Waals surface area contributed by atoms with Crippen molar-refractivity contribution in [2.45, 2.75) is 19.3 Å². The van der Waals surface area contributed by atoms with Crippen LogP contribution in [-0.4, -0.2) is 25.7 Å². The first kappa shape index (κ1) is 11.6. The summed E-state index contributed by atoms with van der Waals surface area (Å²) in [6.07, 6.45) is 2.64. The molecule has 1 saturated heterocycles. The Balaban J connectivity index is 1.67. The molecule has 1 aromatic rings. The zero-order valence-electron chi connectivity index (χ0n) is 9.28. The molecule has 16 heavy (non-hydrogen) atoms. The Morgan fingerprint density at radius 3 is 3.00 bits per heavy atom. The molecule has 1 aliphatic rings. The lowest BCUT2D eigenvalue weighted by atomic mass is 10.0. The van der Waals surface area contributed by atoms with Crippen LogP contribution in [0.2, 0.25) is 0 Å². The number of rotatable bonds is 4. The Morgan fingerprint density at radius 1 is 1.50 bits per heavy atom. The maximum atomic E-state index is 11.6. The maximum Gasteiger partial charge on any atom is 0.224 e. The van der Waals surface area contributed by atoms with Gasteiger partial charge >= 0.3 is 0 Å². The molecular weight excluding hydrogens is 222 g/mol. The van der Waals surface area contributed by atoms with Gasteiger partial charge in [-0.1, -0.05) is 0 Å². The van der Waals surface area contributed by atoms with Crippen LogP contribution >= 0.6 is 11.3 Å². The smallest absolute Gasteiger partial charge is 0.224 e. The molecular formula is C12H17NO2S. The van der Waals surface area contributed by atoms with Crippen LogP contribution in [0.1, 0.15) is 18.4 Å². The number of thiophene rings is 1. The summed E-state index contributed by atoms with van der Waals surface area (Å²) in [6, 6.07) is 2.00. The molecule has 0 aromatic carbocycles. The summed E-state index contributed by atoms with van der Waals surface area (Å²) in [6.45, 7) is 2.47. The number of hydrogen-bond acceptors (Lipinski definition) is 3. The van der Waals surface area contributed by atoms with E-state index in [9.17, 15) is 4.79 Å². The van der Waals surface area contributed by atoms with Gasteiger partial charge in [0.1, 0.15) is 0 Å². The molecule has 1 N–H and O–H groups in total. The lowest BCUT2D eigenvalue weighted by molar-refractivity contribution is -0.120. The first-order chi connectivity index (χ1) is 7.84. The lowest BCUT2D eigenvalue weighted by Gasteiger charge is -2.22. The predicted octanol–water partition coefficient (Wildman–Crippen LogP) is 1.83. The van der Waals surface area contributed by atoms with E-state index in [1.807, 2.05) is 16.8 Å². The number of ether oxygens (including phenoxy) is 1. The Hall–Kier alpha value is -0.870. The summed E-state index contributed by atoms with van der Waals surface area (Å²) in [5.74, 6) is 0.727. The summed E-state index contributed by atoms with van der Waals surface area (Å²) >= 11 is 1.63. The van der Waals surface area contributed by atoms with Crippen molar-refractivity contribution in [3.8, 4) is 0 Å². The van der Waals surface area contributed by atoms with E-state index in [2.05, 4.69) is 5.32 Å². The van der Waals surface area contributed by atoms with Crippen molar-refractivity contribution >= 4 is 17.2 Å². The molecule has 88 valence electrons. The standard InChI is InChI=1S/C12H17NO2S/c14-12(7-11-3-6-16-9-11)13-8-10-1-4-15-5-2-10/h3,6,9-10H,1-2,4-5,7-8H2,(H,13,14). The highest BCUT2D eigenvalue weighted by Crippen LogP contribution is 2.13. The minimum atomic E-state index is 0.130. The van der Waals surface area contributed by atoms with Gasteiger partial charge in [0.05, 0.1) is 6.42 Å². The highest BCUT2D eigenvalue weighted by molar-refractivity contribution is 7.07. The van der Waals surface area contributed by atoms with Crippen LogP contribution in [0.4, 0.5) is 0 Å². The quantitative estimate of drug-likeness (QED) is 0.870. The molecule has 1 aromatic heterocycles. The molecule has 1 amide bonds. The number of nitrogens with one attached hydrogen (secondary N) is 1. The number of carbonyl (C=O) groups is 1. The molecule has 0 spiro atoms. The van der Waals surface area contributed by atoms with Gasteiger partial charge in [-0.3, -0.25) is 4.79 Å². The molecule has 2 heterocycles. The van der Waals surface area contributed by atoms with Gasteiger partial charge in [0.15, 0.2) is 0 Å². The second-order valence-corrected chi connectivity index (χ2v) is 4.95. The van der Waals surface area contributed by atoms with Crippen LogP contribution in [0.25, 0.3) is 0 Å². The average molecular weight is 239 g/mol. The van der Waals surface area contributed by atoms with Crippen LogP contribution in [0.5, 0.6) is 0 Å². The van der Waals surface area contributed by atoms with Crippen LogP contribution < -0.4 is 5.32 Å². The molecule has 0 bridgehead atoms. The van der Waals surface area contributed by atoms with Crippen LogP contribution in [0.15, 0.2) is 16.8 Å². The topological polar surface area (TPSA) is 38.3 Å². The summed E-state index contributed by atoms with van der Waals surface area (Å²) in [7, 11) is 0. The summed E-state index contributed by atoms with van der Waals surface area (Å²) in [5, 5.41) is 7.02. The Kier molecular flexibility index (Phi) is 4.36. The van der Waals surface area contributed by atoms with Gasteiger partial charge in [-0.05, 0) is 41.1 Å². The summed E-state index contributed by atoms with van der Waals surface area (Å²) in [5.41, 5.74) is 1.11. The van der Waals surface area contributed by atoms with Crippen molar-refractivity contribution in [3.63, 3.8) is 0 Å². The highest BCUT2D eigenvalue weighted by Gasteiger charge is 2.14. The fourth-order valence-electron chi connectivity index (χ4n) is 1.85. The normalized spacial score (nSPS) is 17.2. The molecule has 0 atom stereocenters. The first-order valence-corrected chi connectivity index (χ1v) is 6.64. The van der Waals surface area contributed by atoms with Crippen molar-refractivity contribution in [2.24, 2.45) is 5.92 Å². The Morgan fingerprint density at radius 2 is 2.31 bits per heavy atom.